The summed E-state index contributed by atoms with van der Waals surface area (Å²) in [6, 6.07) is 0.772. The topological polar surface area (TPSA) is 38.7 Å². The first-order valence-corrected chi connectivity index (χ1v) is 7.64. The maximum absolute atomic E-state index is 10.2. The summed E-state index contributed by atoms with van der Waals surface area (Å²) >= 11 is 0. The third-order valence-corrected chi connectivity index (χ3v) is 3.99. The van der Waals surface area contributed by atoms with E-state index < -0.39 is 0 Å². The Bertz CT molecular complexity index is 227. The summed E-state index contributed by atoms with van der Waals surface area (Å²) in [7, 11) is 0. The van der Waals surface area contributed by atoms with Crippen LogP contribution in [0, 0.1) is 0 Å². The molecule has 1 aliphatic carbocycles. The zero-order chi connectivity index (χ0) is 12.8. The molecule has 0 aromatic heterocycles. The average Bonchev–Trinajstić information content (AvgIpc) is 3.20. The van der Waals surface area contributed by atoms with Crippen molar-refractivity contribution in [1.82, 2.24) is 15.1 Å². The van der Waals surface area contributed by atoms with Gasteiger partial charge in [0.05, 0.1) is 6.10 Å². The van der Waals surface area contributed by atoms with Crippen LogP contribution >= 0.6 is 0 Å². The van der Waals surface area contributed by atoms with Crippen LogP contribution in [-0.4, -0.2) is 72.9 Å². The molecule has 1 heterocycles. The molecule has 2 aliphatic rings. The Morgan fingerprint density at radius 2 is 2.06 bits per heavy atom. The highest BCUT2D eigenvalue weighted by Crippen LogP contribution is 2.27. The molecule has 4 nitrogen and oxygen atoms in total. The molecule has 0 amide bonds. The van der Waals surface area contributed by atoms with Crippen LogP contribution in [0.25, 0.3) is 0 Å². The fourth-order valence-corrected chi connectivity index (χ4v) is 2.74. The predicted molar refractivity (Wildman–Crippen MR) is 74.8 cm³/mol. The van der Waals surface area contributed by atoms with Gasteiger partial charge in [0, 0.05) is 45.3 Å². The third-order valence-electron chi connectivity index (χ3n) is 3.99. The molecule has 0 aromatic carbocycles. The van der Waals surface area contributed by atoms with E-state index in [1.54, 1.807) is 0 Å². The van der Waals surface area contributed by atoms with E-state index in [9.17, 15) is 5.11 Å². The number of nitrogens with one attached hydrogen (secondary N) is 1. The standard InChI is InChI=1S/C14H29N3O/c1-2-3-8-17(13-4-5-13)12-14(18)11-16-9-6-15-7-10-16/h13-15,18H,2-12H2,1H3. The molecule has 0 bridgehead atoms. The minimum absolute atomic E-state index is 0.180. The molecule has 2 rings (SSSR count). The molecule has 4 heteroatoms. The van der Waals surface area contributed by atoms with Crippen LogP contribution in [0.15, 0.2) is 0 Å². The molecule has 2 N–H and O–H groups in total. The van der Waals surface area contributed by atoms with E-state index in [4.69, 9.17) is 0 Å². The van der Waals surface area contributed by atoms with Crippen LogP contribution in [0.2, 0.25) is 0 Å². The number of aliphatic hydroxyl groups excluding tert-OH is 1. The zero-order valence-electron chi connectivity index (χ0n) is 11.8. The van der Waals surface area contributed by atoms with E-state index >= 15 is 0 Å². The lowest BCUT2D eigenvalue weighted by Crippen LogP contribution is -2.48. The Kier molecular flexibility index (Phi) is 5.89. The Morgan fingerprint density at radius 3 is 2.67 bits per heavy atom. The van der Waals surface area contributed by atoms with Gasteiger partial charge in [-0.05, 0) is 25.8 Å². The molecule has 0 aromatic rings. The Morgan fingerprint density at radius 1 is 1.33 bits per heavy atom. The van der Waals surface area contributed by atoms with E-state index in [-0.39, 0.29) is 6.10 Å². The highest BCUT2D eigenvalue weighted by Gasteiger charge is 2.30. The summed E-state index contributed by atoms with van der Waals surface area (Å²) in [6.07, 6.45) is 5.00. The third kappa shape index (κ3) is 4.84. The second-order valence-corrected chi connectivity index (χ2v) is 5.78. The van der Waals surface area contributed by atoms with Crippen molar-refractivity contribution in [2.75, 3.05) is 45.8 Å². The molecule has 2 fully saturated rings. The van der Waals surface area contributed by atoms with Crippen molar-refractivity contribution in [2.24, 2.45) is 0 Å². The number of aliphatic hydroxyl groups is 1. The molecule has 106 valence electrons. The van der Waals surface area contributed by atoms with Gasteiger partial charge >= 0.3 is 0 Å². The molecule has 0 radical (unpaired) electrons. The maximum atomic E-state index is 10.2. The van der Waals surface area contributed by atoms with E-state index in [1.165, 1.54) is 32.2 Å². The van der Waals surface area contributed by atoms with Gasteiger partial charge in [-0.15, -0.1) is 0 Å². The van der Waals surface area contributed by atoms with Crippen molar-refractivity contribution in [1.29, 1.82) is 0 Å². The second kappa shape index (κ2) is 7.43. The Hall–Kier alpha value is -0.160. The molecule has 0 spiro atoms. The zero-order valence-corrected chi connectivity index (χ0v) is 11.8. The van der Waals surface area contributed by atoms with Crippen LogP contribution in [0.3, 0.4) is 0 Å². The smallest absolute Gasteiger partial charge is 0.0793 e. The number of piperazine rings is 1. The summed E-state index contributed by atoms with van der Waals surface area (Å²) < 4.78 is 0. The summed E-state index contributed by atoms with van der Waals surface area (Å²) in [4.78, 5) is 4.89. The van der Waals surface area contributed by atoms with Gasteiger partial charge in [0.1, 0.15) is 0 Å². The molecule has 18 heavy (non-hydrogen) atoms. The molecule has 1 saturated heterocycles. The summed E-state index contributed by atoms with van der Waals surface area (Å²) in [6.45, 7) is 9.41. The van der Waals surface area contributed by atoms with Gasteiger partial charge in [-0.2, -0.15) is 0 Å². The fourth-order valence-electron chi connectivity index (χ4n) is 2.74. The normalized spacial score (nSPS) is 23.5. The summed E-state index contributed by atoms with van der Waals surface area (Å²) in [5.41, 5.74) is 0. The molecule has 1 unspecified atom stereocenters. The van der Waals surface area contributed by atoms with E-state index in [2.05, 4.69) is 22.0 Å². The number of hydrogen-bond acceptors (Lipinski definition) is 4. The van der Waals surface area contributed by atoms with Crippen molar-refractivity contribution in [3.63, 3.8) is 0 Å². The Labute approximate surface area is 111 Å². The summed E-state index contributed by atoms with van der Waals surface area (Å²) in [5.74, 6) is 0. The van der Waals surface area contributed by atoms with E-state index in [1.807, 2.05) is 0 Å². The molecule has 1 saturated carbocycles. The Balaban J connectivity index is 1.68. The van der Waals surface area contributed by atoms with Crippen LogP contribution in [0.5, 0.6) is 0 Å². The van der Waals surface area contributed by atoms with Gasteiger partial charge in [0.25, 0.3) is 0 Å². The van der Waals surface area contributed by atoms with Gasteiger partial charge in [-0.25, -0.2) is 0 Å². The first-order chi connectivity index (χ1) is 8.79. The van der Waals surface area contributed by atoms with Crippen LogP contribution in [0.4, 0.5) is 0 Å². The molecule has 1 atom stereocenters. The molecular formula is C14H29N3O. The van der Waals surface area contributed by atoms with Gasteiger partial charge in [-0.3, -0.25) is 9.80 Å². The lowest BCUT2D eigenvalue weighted by molar-refractivity contribution is 0.0662. The minimum Gasteiger partial charge on any atom is -0.390 e. The van der Waals surface area contributed by atoms with Crippen molar-refractivity contribution < 1.29 is 5.11 Å². The number of nitrogens with zero attached hydrogens (tertiary/aromatic N) is 2. The van der Waals surface area contributed by atoms with Crippen LogP contribution in [0.1, 0.15) is 32.6 Å². The minimum atomic E-state index is -0.180. The second-order valence-electron chi connectivity index (χ2n) is 5.78. The molecule has 1 aliphatic heterocycles. The molecular weight excluding hydrogens is 226 g/mol. The first kappa shape index (κ1) is 14.3. The van der Waals surface area contributed by atoms with Gasteiger partial charge < -0.3 is 10.4 Å². The van der Waals surface area contributed by atoms with Crippen molar-refractivity contribution in [3.05, 3.63) is 0 Å². The SMILES string of the molecule is CCCCN(CC(O)CN1CCNCC1)C1CC1. The number of rotatable bonds is 8. The lowest BCUT2D eigenvalue weighted by atomic mass is 10.2. The van der Waals surface area contributed by atoms with Crippen molar-refractivity contribution >= 4 is 0 Å². The highest BCUT2D eigenvalue weighted by molar-refractivity contribution is 4.86. The largest absolute Gasteiger partial charge is 0.390 e. The number of unbranched alkanes of at least 4 members (excludes halogenated alkanes) is 1. The van der Waals surface area contributed by atoms with E-state index in [0.29, 0.717) is 0 Å². The van der Waals surface area contributed by atoms with Crippen molar-refractivity contribution in [2.45, 2.75) is 44.8 Å². The first-order valence-electron chi connectivity index (χ1n) is 7.64. The number of β-amino-alcohol motifs (C(OH)–C–C–N with tert-alkyl or cyclic N) is 1. The van der Waals surface area contributed by atoms with E-state index in [0.717, 1.165) is 45.3 Å². The van der Waals surface area contributed by atoms with Gasteiger partial charge in [0.15, 0.2) is 0 Å². The number of hydrogen-bond donors (Lipinski definition) is 2. The highest BCUT2D eigenvalue weighted by atomic mass is 16.3. The van der Waals surface area contributed by atoms with Gasteiger partial charge in [-0.1, -0.05) is 13.3 Å². The lowest BCUT2D eigenvalue weighted by Gasteiger charge is -2.31. The van der Waals surface area contributed by atoms with Crippen LogP contribution in [-0.2, 0) is 0 Å². The van der Waals surface area contributed by atoms with Gasteiger partial charge in [0.2, 0.25) is 0 Å². The average molecular weight is 255 g/mol. The maximum Gasteiger partial charge on any atom is 0.0793 e. The predicted octanol–water partition coefficient (Wildman–Crippen LogP) is 0.517. The quantitative estimate of drug-likeness (QED) is 0.663. The fraction of sp³-hybridized carbons (Fsp3) is 1.00. The van der Waals surface area contributed by atoms with Crippen LogP contribution < -0.4 is 5.32 Å². The monoisotopic (exact) mass is 255 g/mol. The van der Waals surface area contributed by atoms with Crippen molar-refractivity contribution in [3.8, 4) is 0 Å². The summed E-state index contributed by atoms with van der Waals surface area (Å²) in [5, 5.41) is 13.6.